The van der Waals surface area contributed by atoms with Crippen LogP contribution in [0.2, 0.25) is 5.02 Å². The van der Waals surface area contributed by atoms with Crippen LogP contribution in [-0.2, 0) is 10.4 Å². The van der Waals surface area contributed by atoms with Gasteiger partial charge >= 0.3 is 0 Å². The third-order valence-electron chi connectivity index (χ3n) is 5.48. The maximum atomic E-state index is 11.5. The van der Waals surface area contributed by atoms with Crippen LogP contribution >= 0.6 is 11.6 Å². The van der Waals surface area contributed by atoms with E-state index in [1.165, 1.54) is 0 Å². The molecule has 5 heteroatoms. The summed E-state index contributed by atoms with van der Waals surface area (Å²) in [6, 6.07) is 7.05. The normalized spacial score (nSPS) is 26.8. The molecule has 2 unspecified atom stereocenters. The lowest BCUT2D eigenvalue weighted by Crippen LogP contribution is -2.56. The second-order valence-corrected chi connectivity index (χ2v) is 8.29. The fraction of sp³-hybridized carbons (Fsp3) is 0.632. The molecule has 0 amide bonds. The molecule has 1 saturated heterocycles. The molecule has 1 aliphatic rings. The molecule has 1 heterocycles. The van der Waals surface area contributed by atoms with Gasteiger partial charge in [0.1, 0.15) is 5.78 Å². The molecule has 0 aromatic heterocycles. The van der Waals surface area contributed by atoms with Crippen LogP contribution < -0.4 is 5.73 Å². The van der Waals surface area contributed by atoms with Crippen molar-refractivity contribution in [2.75, 3.05) is 19.6 Å². The van der Waals surface area contributed by atoms with Gasteiger partial charge < -0.3 is 15.7 Å². The second-order valence-electron chi connectivity index (χ2n) is 7.85. The maximum Gasteiger partial charge on any atom is 0.146 e. The number of hydrogen-bond acceptors (Lipinski definition) is 4. The summed E-state index contributed by atoms with van der Waals surface area (Å²) < 4.78 is 0. The maximum absolute atomic E-state index is 11.5. The highest BCUT2D eigenvalue weighted by atomic mass is 35.5. The minimum absolute atomic E-state index is 0.0245. The largest absolute Gasteiger partial charge is 0.385 e. The molecule has 1 aliphatic heterocycles. The number of aliphatic hydroxyl groups is 1. The number of nitrogens with two attached hydrogens (primary N) is 1. The summed E-state index contributed by atoms with van der Waals surface area (Å²) in [6.45, 7) is 10.0. The molecule has 3 atom stereocenters. The van der Waals surface area contributed by atoms with Crippen molar-refractivity contribution >= 4 is 17.4 Å². The first-order chi connectivity index (χ1) is 11.1. The van der Waals surface area contributed by atoms with Crippen molar-refractivity contribution in [3.8, 4) is 0 Å². The van der Waals surface area contributed by atoms with E-state index in [0.29, 0.717) is 11.4 Å². The van der Waals surface area contributed by atoms with Gasteiger partial charge in [-0.2, -0.15) is 0 Å². The van der Waals surface area contributed by atoms with Gasteiger partial charge in [-0.25, -0.2) is 0 Å². The molecule has 1 fully saturated rings. The van der Waals surface area contributed by atoms with Gasteiger partial charge in [-0.15, -0.1) is 0 Å². The predicted octanol–water partition coefficient (Wildman–Crippen LogP) is 2.81. The summed E-state index contributed by atoms with van der Waals surface area (Å²) in [5.74, 6) is 0.122. The van der Waals surface area contributed by atoms with Crippen LogP contribution in [-0.4, -0.2) is 41.5 Å². The molecule has 0 spiro atoms. The average molecular weight is 353 g/mol. The monoisotopic (exact) mass is 352 g/mol. The Labute approximate surface area is 150 Å². The van der Waals surface area contributed by atoms with Crippen molar-refractivity contribution in [3.63, 3.8) is 0 Å². The summed E-state index contributed by atoms with van der Waals surface area (Å²) in [4.78, 5) is 13.8. The van der Waals surface area contributed by atoms with Gasteiger partial charge in [0.05, 0.1) is 11.6 Å². The molecule has 2 rings (SSSR count). The number of hydrogen-bond donors (Lipinski definition) is 2. The van der Waals surface area contributed by atoms with E-state index in [2.05, 4.69) is 18.7 Å². The second kappa shape index (κ2) is 7.12. The van der Waals surface area contributed by atoms with Crippen LogP contribution in [0, 0.1) is 11.3 Å². The van der Waals surface area contributed by atoms with Crippen molar-refractivity contribution < 1.29 is 9.90 Å². The van der Waals surface area contributed by atoms with Gasteiger partial charge in [-0.05, 0) is 37.0 Å². The van der Waals surface area contributed by atoms with Gasteiger partial charge in [-0.3, -0.25) is 4.79 Å². The fourth-order valence-corrected chi connectivity index (χ4v) is 3.89. The van der Waals surface area contributed by atoms with Crippen molar-refractivity contribution in [1.82, 2.24) is 4.90 Å². The molecule has 0 bridgehead atoms. The number of Topliss-reactive ketones (excluding diaryl/α,β-unsaturated/α-hetero) is 1. The number of nitrogens with zero attached hydrogens (tertiary/aromatic N) is 1. The Morgan fingerprint density at radius 1 is 1.38 bits per heavy atom. The van der Waals surface area contributed by atoms with Crippen LogP contribution in [0.1, 0.15) is 39.7 Å². The first kappa shape index (κ1) is 19.4. The summed E-state index contributed by atoms with van der Waals surface area (Å²) in [7, 11) is 0. The Morgan fingerprint density at radius 2 is 1.96 bits per heavy atom. The van der Waals surface area contributed by atoms with Crippen molar-refractivity contribution in [1.29, 1.82) is 0 Å². The van der Waals surface area contributed by atoms with E-state index in [9.17, 15) is 9.90 Å². The van der Waals surface area contributed by atoms with E-state index in [0.717, 1.165) is 25.2 Å². The summed E-state index contributed by atoms with van der Waals surface area (Å²) in [5.41, 5.74) is 5.66. The molecule has 0 aliphatic carbocycles. The van der Waals surface area contributed by atoms with Crippen molar-refractivity contribution in [2.45, 2.75) is 45.8 Å². The smallest absolute Gasteiger partial charge is 0.146 e. The Hall–Kier alpha value is -0.940. The highest BCUT2D eigenvalue weighted by molar-refractivity contribution is 6.30. The number of carbonyl (C=O) groups excluding carboxylic acids is 1. The molecule has 24 heavy (non-hydrogen) atoms. The summed E-state index contributed by atoms with van der Waals surface area (Å²) in [6.07, 6.45) is 0.643. The van der Waals surface area contributed by atoms with E-state index < -0.39 is 11.6 Å². The summed E-state index contributed by atoms with van der Waals surface area (Å²) in [5, 5.41) is 12.0. The van der Waals surface area contributed by atoms with Gasteiger partial charge in [0, 0.05) is 30.1 Å². The van der Waals surface area contributed by atoms with Crippen LogP contribution in [0.25, 0.3) is 0 Å². The van der Waals surface area contributed by atoms with Gasteiger partial charge in [0.25, 0.3) is 0 Å². The fourth-order valence-electron chi connectivity index (χ4n) is 3.77. The zero-order valence-electron chi connectivity index (χ0n) is 15.1. The third-order valence-corrected chi connectivity index (χ3v) is 5.73. The predicted molar refractivity (Wildman–Crippen MR) is 98.0 cm³/mol. The first-order valence-corrected chi connectivity index (χ1v) is 8.91. The molecule has 3 N–H and O–H groups in total. The zero-order valence-corrected chi connectivity index (χ0v) is 15.8. The minimum atomic E-state index is -0.889. The molecule has 134 valence electrons. The molecule has 1 aromatic carbocycles. The number of likely N-dealkylation sites (tertiary alicyclic amines) is 1. The minimum Gasteiger partial charge on any atom is -0.385 e. The molecule has 0 radical (unpaired) electrons. The third kappa shape index (κ3) is 3.83. The van der Waals surface area contributed by atoms with Crippen molar-refractivity contribution in [2.24, 2.45) is 17.1 Å². The molecule has 0 saturated carbocycles. The molecular weight excluding hydrogens is 324 g/mol. The van der Waals surface area contributed by atoms with Crippen LogP contribution in [0.15, 0.2) is 24.3 Å². The van der Waals surface area contributed by atoms with E-state index in [1.54, 1.807) is 6.92 Å². The Morgan fingerprint density at radius 3 is 2.46 bits per heavy atom. The van der Waals surface area contributed by atoms with Crippen LogP contribution in [0.3, 0.4) is 0 Å². The van der Waals surface area contributed by atoms with E-state index in [1.807, 2.05) is 31.2 Å². The van der Waals surface area contributed by atoms with E-state index >= 15 is 0 Å². The topological polar surface area (TPSA) is 66.6 Å². The lowest BCUT2D eigenvalue weighted by molar-refractivity contribution is -0.129. The van der Waals surface area contributed by atoms with E-state index in [4.69, 9.17) is 17.3 Å². The van der Waals surface area contributed by atoms with E-state index in [-0.39, 0.29) is 17.1 Å². The Bertz CT molecular complexity index is 588. The number of rotatable bonds is 5. The number of carbonyl (C=O) groups is 1. The Kier molecular flexibility index (Phi) is 5.75. The lowest BCUT2D eigenvalue weighted by Gasteiger charge is -2.51. The van der Waals surface area contributed by atoms with Crippen LogP contribution in [0.5, 0.6) is 0 Å². The van der Waals surface area contributed by atoms with Gasteiger partial charge in [-0.1, -0.05) is 44.5 Å². The highest BCUT2D eigenvalue weighted by Crippen LogP contribution is 2.46. The molecular formula is C19H29ClN2O2. The first-order valence-electron chi connectivity index (χ1n) is 8.53. The highest BCUT2D eigenvalue weighted by Gasteiger charge is 2.48. The molecule has 4 nitrogen and oxygen atoms in total. The summed E-state index contributed by atoms with van der Waals surface area (Å²) >= 11 is 5.97. The van der Waals surface area contributed by atoms with Gasteiger partial charge in [0.15, 0.2) is 0 Å². The van der Waals surface area contributed by atoms with Gasteiger partial charge in [0.2, 0.25) is 0 Å². The molecule has 1 aromatic rings. The number of benzene rings is 1. The average Bonchev–Trinajstić information content (AvgIpc) is 2.50. The lowest BCUT2D eigenvalue weighted by atomic mass is 9.66. The SMILES string of the molecule is CC(=O)C(N)C(C)CN1CC[C@](O)(c2ccc(Cl)cc2)C(C)(C)C1. The zero-order chi connectivity index (χ0) is 18.1. The Balaban J connectivity index is 2.12. The van der Waals surface area contributed by atoms with Crippen molar-refractivity contribution in [3.05, 3.63) is 34.9 Å². The number of piperidine rings is 1. The van der Waals surface area contributed by atoms with Crippen LogP contribution in [0.4, 0.5) is 0 Å². The quantitative estimate of drug-likeness (QED) is 0.855. The number of halogens is 1. The number of ketones is 1. The standard InChI is InChI=1S/C19H29ClN2O2/c1-13(17(21)14(2)23)11-22-10-9-19(24,18(3,4)12-22)15-5-7-16(20)8-6-15/h5-8,13,17,24H,9-12,21H2,1-4H3/t13?,17?,19-/m0/s1.